The molecular weight excluding hydrogens is 204 g/mol. The molecule has 0 saturated carbocycles. The van der Waals surface area contributed by atoms with E-state index in [0.717, 1.165) is 16.9 Å². The summed E-state index contributed by atoms with van der Waals surface area (Å²) in [5.41, 5.74) is 2.11. The standard InChI is InChI=1S/C12H14N2O2/c1-13-12(9-3-4-16-8-9)10-5-11(15-2)7-14-6-10/h3-8,12-13H,1-2H3. The first-order valence-corrected chi connectivity index (χ1v) is 5.03. The van der Waals surface area contributed by atoms with Crippen LogP contribution in [0.1, 0.15) is 17.2 Å². The highest BCUT2D eigenvalue weighted by atomic mass is 16.5. The Kier molecular flexibility index (Phi) is 3.22. The maximum atomic E-state index is 5.15. The SMILES string of the molecule is CNC(c1ccoc1)c1cncc(OC)c1. The van der Waals surface area contributed by atoms with Gasteiger partial charge in [-0.1, -0.05) is 0 Å². The second-order valence-corrected chi connectivity index (χ2v) is 3.44. The number of pyridine rings is 1. The number of aromatic nitrogens is 1. The molecule has 4 nitrogen and oxygen atoms in total. The van der Waals surface area contributed by atoms with E-state index >= 15 is 0 Å². The van der Waals surface area contributed by atoms with Crippen molar-refractivity contribution in [3.05, 3.63) is 48.2 Å². The molecule has 0 aliphatic rings. The monoisotopic (exact) mass is 218 g/mol. The van der Waals surface area contributed by atoms with Crippen LogP contribution in [0.25, 0.3) is 0 Å². The Morgan fingerprint density at radius 2 is 2.25 bits per heavy atom. The van der Waals surface area contributed by atoms with E-state index in [-0.39, 0.29) is 6.04 Å². The summed E-state index contributed by atoms with van der Waals surface area (Å²) in [6.07, 6.45) is 6.89. The van der Waals surface area contributed by atoms with E-state index in [9.17, 15) is 0 Å². The Morgan fingerprint density at radius 3 is 2.88 bits per heavy atom. The fraction of sp³-hybridized carbons (Fsp3) is 0.250. The lowest BCUT2D eigenvalue weighted by molar-refractivity contribution is 0.411. The Bertz CT molecular complexity index is 440. The number of hydrogen-bond donors (Lipinski definition) is 1. The zero-order valence-electron chi connectivity index (χ0n) is 9.31. The van der Waals surface area contributed by atoms with Gasteiger partial charge in [0.15, 0.2) is 0 Å². The molecule has 2 aromatic rings. The normalized spacial score (nSPS) is 12.4. The van der Waals surface area contributed by atoms with Gasteiger partial charge in [-0.2, -0.15) is 0 Å². The average Bonchev–Trinajstić information content (AvgIpc) is 2.84. The van der Waals surface area contributed by atoms with Crippen molar-refractivity contribution in [3.63, 3.8) is 0 Å². The van der Waals surface area contributed by atoms with Crippen LogP contribution in [0.3, 0.4) is 0 Å². The maximum absolute atomic E-state index is 5.15. The maximum Gasteiger partial charge on any atom is 0.137 e. The Hall–Kier alpha value is -1.81. The van der Waals surface area contributed by atoms with Crippen molar-refractivity contribution < 1.29 is 9.15 Å². The van der Waals surface area contributed by atoms with Crippen molar-refractivity contribution in [2.24, 2.45) is 0 Å². The number of methoxy groups -OCH3 is 1. The van der Waals surface area contributed by atoms with Crippen molar-refractivity contribution in [2.75, 3.05) is 14.2 Å². The largest absolute Gasteiger partial charge is 0.495 e. The number of furan rings is 1. The lowest BCUT2D eigenvalue weighted by Gasteiger charge is -2.14. The number of nitrogens with zero attached hydrogens (tertiary/aromatic N) is 1. The van der Waals surface area contributed by atoms with Crippen molar-refractivity contribution in [2.45, 2.75) is 6.04 Å². The molecule has 4 heteroatoms. The van der Waals surface area contributed by atoms with Gasteiger partial charge in [-0.25, -0.2) is 0 Å². The smallest absolute Gasteiger partial charge is 0.137 e. The van der Waals surface area contributed by atoms with E-state index in [1.807, 2.05) is 25.4 Å². The molecule has 84 valence electrons. The van der Waals surface area contributed by atoms with Gasteiger partial charge in [0.05, 0.1) is 31.9 Å². The van der Waals surface area contributed by atoms with Crippen molar-refractivity contribution in [1.29, 1.82) is 0 Å². The first-order chi connectivity index (χ1) is 7.85. The van der Waals surface area contributed by atoms with Gasteiger partial charge in [-0.05, 0) is 24.7 Å². The van der Waals surface area contributed by atoms with Crippen LogP contribution in [0.5, 0.6) is 5.75 Å². The van der Waals surface area contributed by atoms with Gasteiger partial charge in [0.2, 0.25) is 0 Å². The molecule has 0 amide bonds. The summed E-state index contributed by atoms with van der Waals surface area (Å²) in [5, 5.41) is 3.22. The molecule has 1 unspecified atom stereocenters. The van der Waals surface area contributed by atoms with Crippen LogP contribution in [0.2, 0.25) is 0 Å². The zero-order chi connectivity index (χ0) is 11.4. The van der Waals surface area contributed by atoms with Crippen LogP contribution in [0.4, 0.5) is 0 Å². The molecule has 16 heavy (non-hydrogen) atoms. The molecule has 2 rings (SSSR count). The van der Waals surface area contributed by atoms with Crippen LogP contribution >= 0.6 is 0 Å². The summed E-state index contributed by atoms with van der Waals surface area (Å²) in [6, 6.07) is 3.96. The van der Waals surface area contributed by atoms with Gasteiger partial charge >= 0.3 is 0 Å². The van der Waals surface area contributed by atoms with Gasteiger partial charge in [-0.3, -0.25) is 4.98 Å². The van der Waals surface area contributed by atoms with Crippen molar-refractivity contribution in [1.82, 2.24) is 10.3 Å². The van der Waals surface area contributed by atoms with Gasteiger partial charge in [-0.15, -0.1) is 0 Å². The summed E-state index contributed by atoms with van der Waals surface area (Å²) in [4.78, 5) is 4.14. The van der Waals surface area contributed by atoms with E-state index < -0.39 is 0 Å². The quantitative estimate of drug-likeness (QED) is 0.852. The summed E-state index contributed by atoms with van der Waals surface area (Å²) < 4.78 is 10.2. The molecule has 0 aliphatic carbocycles. The predicted molar refractivity (Wildman–Crippen MR) is 60.4 cm³/mol. The van der Waals surface area contributed by atoms with Crippen LogP contribution in [0.15, 0.2) is 41.5 Å². The molecule has 0 bridgehead atoms. The molecule has 2 aromatic heterocycles. The second-order valence-electron chi connectivity index (χ2n) is 3.44. The summed E-state index contributed by atoms with van der Waals surface area (Å²) >= 11 is 0. The van der Waals surface area contributed by atoms with E-state index in [2.05, 4.69) is 10.3 Å². The summed E-state index contributed by atoms with van der Waals surface area (Å²) in [7, 11) is 3.53. The molecule has 1 N–H and O–H groups in total. The molecule has 0 saturated heterocycles. The third-order valence-electron chi connectivity index (χ3n) is 2.47. The first kappa shape index (κ1) is 10.7. The Balaban J connectivity index is 2.33. The summed E-state index contributed by atoms with van der Waals surface area (Å²) in [5.74, 6) is 0.751. The van der Waals surface area contributed by atoms with Crippen LogP contribution in [-0.4, -0.2) is 19.1 Å². The molecule has 2 heterocycles. The minimum Gasteiger partial charge on any atom is -0.495 e. The van der Waals surface area contributed by atoms with Gasteiger partial charge < -0.3 is 14.5 Å². The third kappa shape index (κ3) is 2.06. The highest BCUT2D eigenvalue weighted by Gasteiger charge is 2.13. The van der Waals surface area contributed by atoms with Gasteiger partial charge in [0.1, 0.15) is 5.75 Å². The lowest BCUT2D eigenvalue weighted by Crippen LogP contribution is -2.17. The van der Waals surface area contributed by atoms with E-state index in [0.29, 0.717) is 0 Å². The fourth-order valence-corrected chi connectivity index (χ4v) is 1.67. The number of ether oxygens (including phenoxy) is 1. The van der Waals surface area contributed by atoms with Gasteiger partial charge in [0, 0.05) is 11.8 Å². The minimum absolute atomic E-state index is 0.0707. The molecule has 0 aromatic carbocycles. The van der Waals surface area contributed by atoms with E-state index in [1.54, 1.807) is 25.8 Å². The topological polar surface area (TPSA) is 47.3 Å². The highest BCUT2D eigenvalue weighted by Crippen LogP contribution is 2.23. The molecule has 0 aliphatic heterocycles. The Morgan fingerprint density at radius 1 is 1.38 bits per heavy atom. The highest BCUT2D eigenvalue weighted by molar-refractivity contribution is 5.32. The third-order valence-corrected chi connectivity index (χ3v) is 2.47. The molecule has 0 fully saturated rings. The predicted octanol–water partition coefficient (Wildman–Crippen LogP) is 1.99. The molecule has 0 spiro atoms. The molecule has 0 radical (unpaired) electrons. The van der Waals surface area contributed by atoms with E-state index in [4.69, 9.17) is 9.15 Å². The van der Waals surface area contributed by atoms with E-state index in [1.165, 1.54) is 0 Å². The number of nitrogens with one attached hydrogen (secondary N) is 1. The fourth-order valence-electron chi connectivity index (χ4n) is 1.67. The van der Waals surface area contributed by atoms with Crippen molar-refractivity contribution in [3.8, 4) is 5.75 Å². The lowest BCUT2D eigenvalue weighted by atomic mass is 10.0. The number of hydrogen-bond acceptors (Lipinski definition) is 4. The Labute approximate surface area is 94.3 Å². The second kappa shape index (κ2) is 4.81. The number of rotatable bonds is 4. The van der Waals surface area contributed by atoms with Gasteiger partial charge in [0.25, 0.3) is 0 Å². The van der Waals surface area contributed by atoms with Crippen LogP contribution < -0.4 is 10.1 Å². The molecular formula is C12H14N2O2. The molecule has 1 atom stereocenters. The van der Waals surface area contributed by atoms with Crippen LogP contribution in [-0.2, 0) is 0 Å². The first-order valence-electron chi connectivity index (χ1n) is 5.03. The average molecular weight is 218 g/mol. The van der Waals surface area contributed by atoms with Crippen molar-refractivity contribution >= 4 is 0 Å². The zero-order valence-corrected chi connectivity index (χ0v) is 9.31. The minimum atomic E-state index is 0.0707. The van der Waals surface area contributed by atoms with Crippen LogP contribution in [0, 0.1) is 0 Å². The summed E-state index contributed by atoms with van der Waals surface area (Å²) in [6.45, 7) is 0.